The predicted octanol–water partition coefficient (Wildman–Crippen LogP) is 3.99. The second-order valence-electron chi connectivity index (χ2n) is 4.12. The molecule has 1 aromatic rings. The van der Waals surface area contributed by atoms with Crippen molar-refractivity contribution in [1.29, 1.82) is 0 Å². The second kappa shape index (κ2) is 12.8. The molecule has 2 nitrogen and oxygen atoms in total. The summed E-state index contributed by atoms with van der Waals surface area (Å²) in [6.45, 7) is 9.94. The van der Waals surface area contributed by atoms with E-state index in [0.29, 0.717) is 0 Å². The number of carbonyl (C=O) groups excluding carboxylic acids is 1. The van der Waals surface area contributed by atoms with Crippen LogP contribution in [0.25, 0.3) is 0 Å². The lowest BCUT2D eigenvalue weighted by molar-refractivity contribution is -0.115. The lowest BCUT2D eigenvalue weighted by Gasteiger charge is -1.90. The third kappa shape index (κ3) is 20.7. The molecular formula is C15H27NO. The van der Waals surface area contributed by atoms with Gasteiger partial charge in [0.05, 0.1) is 0 Å². The standard InChI is InChI=1S/C8H10.C5H12.C2H5NO/c1-7-4-3-5-8(2)6-7;1-3-5-4-2;1-2(3)4/h3-6H,1-2H3;3-5H2,1-2H3;1H3,(H2,3,4). The first-order valence-electron chi connectivity index (χ1n) is 6.23. The van der Waals surface area contributed by atoms with Crippen molar-refractivity contribution in [2.45, 2.75) is 53.9 Å². The number of unbranched alkanes of at least 4 members (excludes halogenated alkanes) is 2. The van der Waals surface area contributed by atoms with Crippen LogP contribution in [0.1, 0.15) is 51.2 Å². The minimum absolute atomic E-state index is 0.333. The van der Waals surface area contributed by atoms with Gasteiger partial charge in [0.25, 0.3) is 0 Å². The lowest BCUT2D eigenvalue weighted by atomic mass is 10.2. The van der Waals surface area contributed by atoms with Crippen LogP contribution in [-0.4, -0.2) is 5.91 Å². The van der Waals surface area contributed by atoms with E-state index in [4.69, 9.17) is 0 Å². The van der Waals surface area contributed by atoms with Crippen molar-refractivity contribution in [1.82, 2.24) is 0 Å². The fourth-order valence-corrected chi connectivity index (χ4v) is 1.16. The van der Waals surface area contributed by atoms with Gasteiger partial charge in [-0.15, -0.1) is 0 Å². The van der Waals surface area contributed by atoms with E-state index < -0.39 is 0 Å². The Morgan fingerprint density at radius 2 is 1.47 bits per heavy atom. The van der Waals surface area contributed by atoms with Crippen LogP contribution in [0.2, 0.25) is 0 Å². The molecule has 17 heavy (non-hydrogen) atoms. The molecule has 1 aromatic carbocycles. The van der Waals surface area contributed by atoms with Crippen molar-refractivity contribution in [2.24, 2.45) is 5.73 Å². The smallest absolute Gasteiger partial charge is 0.214 e. The molecule has 0 aromatic heterocycles. The largest absolute Gasteiger partial charge is 0.370 e. The molecule has 0 saturated carbocycles. The third-order valence-corrected chi connectivity index (χ3v) is 1.88. The van der Waals surface area contributed by atoms with Gasteiger partial charge in [0.1, 0.15) is 0 Å². The third-order valence-electron chi connectivity index (χ3n) is 1.88. The monoisotopic (exact) mass is 237 g/mol. The number of amides is 1. The molecule has 1 rings (SSSR count). The fraction of sp³-hybridized carbons (Fsp3) is 0.533. The molecule has 98 valence electrons. The molecular weight excluding hydrogens is 210 g/mol. The van der Waals surface area contributed by atoms with E-state index >= 15 is 0 Å². The van der Waals surface area contributed by atoms with Gasteiger partial charge >= 0.3 is 0 Å². The molecule has 0 spiro atoms. The van der Waals surface area contributed by atoms with E-state index in [9.17, 15) is 4.79 Å². The van der Waals surface area contributed by atoms with Crippen molar-refractivity contribution in [3.8, 4) is 0 Å². The summed E-state index contributed by atoms with van der Waals surface area (Å²) in [5.41, 5.74) is 7.15. The molecule has 2 heteroatoms. The summed E-state index contributed by atoms with van der Waals surface area (Å²) in [5, 5.41) is 0. The summed E-state index contributed by atoms with van der Waals surface area (Å²) in [4.78, 5) is 9.22. The quantitative estimate of drug-likeness (QED) is 0.830. The van der Waals surface area contributed by atoms with Gasteiger partial charge in [-0.3, -0.25) is 4.79 Å². The highest BCUT2D eigenvalue weighted by molar-refractivity contribution is 5.70. The number of benzene rings is 1. The molecule has 0 atom stereocenters. The van der Waals surface area contributed by atoms with Crippen LogP contribution < -0.4 is 5.73 Å². The van der Waals surface area contributed by atoms with Gasteiger partial charge < -0.3 is 5.73 Å². The molecule has 0 bridgehead atoms. The highest BCUT2D eigenvalue weighted by atomic mass is 16.1. The first-order valence-corrected chi connectivity index (χ1v) is 6.23. The minimum atomic E-state index is -0.333. The maximum absolute atomic E-state index is 9.22. The molecule has 0 radical (unpaired) electrons. The van der Waals surface area contributed by atoms with Crippen molar-refractivity contribution in [3.05, 3.63) is 35.4 Å². The van der Waals surface area contributed by atoms with Gasteiger partial charge in [-0.1, -0.05) is 68.5 Å². The van der Waals surface area contributed by atoms with Crippen LogP contribution in [0, 0.1) is 13.8 Å². The van der Waals surface area contributed by atoms with Gasteiger partial charge in [0.15, 0.2) is 0 Å². The van der Waals surface area contributed by atoms with E-state index in [2.05, 4.69) is 57.7 Å². The average Bonchev–Trinajstić information content (AvgIpc) is 2.18. The van der Waals surface area contributed by atoms with E-state index in [1.54, 1.807) is 0 Å². The first kappa shape index (κ1) is 18.1. The molecule has 2 N–H and O–H groups in total. The maximum atomic E-state index is 9.22. The normalized spacial score (nSPS) is 8.29. The number of primary amides is 1. The molecule has 0 aliphatic rings. The SMILES string of the molecule is CC(N)=O.CCCCC.Cc1cccc(C)c1. The number of aryl methyl sites for hydroxylation is 2. The summed E-state index contributed by atoms with van der Waals surface area (Å²) in [5.74, 6) is -0.333. The summed E-state index contributed by atoms with van der Waals surface area (Å²) in [7, 11) is 0. The van der Waals surface area contributed by atoms with Crippen molar-refractivity contribution in [3.63, 3.8) is 0 Å². The molecule has 1 amide bonds. The van der Waals surface area contributed by atoms with Crippen LogP contribution >= 0.6 is 0 Å². The van der Waals surface area contributed by atoms with E-state index in [-0.39, 0.29) is 5.91 Å². The fourth-order valence-electron chi connectivity index (χ4n) is 1.16. The Labute approximate surface area is 106 Å². The van der Waals surface area contributed by atoms with Crippen LogP contribution in [0.5, 0.6) is 0 Å². The van der Waals surface area contributed by atoms with E-state index in [0.717, 1.165) is 0 Å². The zero-order chi connectivity index (χ0) is 13.7. The molecule has 0 fully saturated rings. The molecule has 0 unspecified atom stereocenters. The number of nitrogens with two attached hydrogens (primary N) is 1. The van der Waals surface area contributed by atoms with Crippen LogP contribution in [0.3, 0.4) is 0 Å². The number of hydrogen-bond donors (Lipinski definition) is 1. The molecule has 0 heterocycles. The summed E-state index contributed by atoms with van der Waals surface area (Å²) >= 11 is 0. The maximum Gasteiger partial charge on any atom is 0.214 e. The zero-order valence-corrected chi connectivity index (χ0v) is 11.9. The minimum Gasteiger partial charge on any atom is -0.370 e. The van der Waals surface area contributed by atoms with Gasteiger partial charge in [-0.05, 0) is 13.8 Å². The zero-order valence-electron chi connectivity index (χ0n) is 11.9. The van der Waals surface area contributed by atoms with Crippen molar-refractivity contribution in [2.75, 3.05) is 0 Å². The van der Waals surface area contributed by atoms with Gasteiger partial charge in [-0.2, -0.15) is 0 Å². The Balaban J connectivity index is 0. The topological polar surface area (TPSA) is 43.1 Å². The van der Waals surface area contributed by atoms with E-state index in [1.807, 2.05) is 0 Å². The van der Waals surface area contributed by atoms with Crippen molar-refractivity contribution < 1.29 is 4.79 Å². The highest BCUT2D eigenvalue weighted by Crippen LogP contribution is 2.00. The summed E-state index contributed by atoms with van der Waals surface area (Å²) in [6.07, 6.45) is 4.08. The summed E-state index contributed by atoms with van der Waals surface area (Å²) < 4.78 is 0. The highest BCUT2D eigenvalue weighted by Gasteiger charge is 1.80. The summed E-state index contributed by atoms with van der Waals surface area (Å²) in [6, 6.07) is 8.45. The van der Waals surface area contributed by atoms with Crippen LogP contribution in [0.15, 0.2) is 24.3 Å². The Bertz CT molecular complexity index is 271. The van der Waals surface area contributed by atoms with Crippen LogP contribution in [-0.2, 0) is 4.79 Å². The number of carbonyl (C=O) groups is 1. The average molecular weight is 237 g/mol. The molecule has 0 saturated heterocycles. The lowest BCUT2D eigenvalue weighted by Crippen LogP contribution is -2.01. The Hall–Kier alpha value is -1.31. The Morgan fingerprint density at radius 1 is 1.12 bits per heavy atom. The van der Waals surface area contributed by atoms with E-state index in [1.165, 1.54) is 37.3 Å². The van der Waals surface area contributed by atoms with Gasteiger partial charge in [0.2, 0.25) is 5.91 Å². The predicted molar refractivity (Wildman–Crippen MR) is 76.0 cm³/mol. The van der Waals surface area contributed by atoms with Crippen LogP contribution in [0.4, 0.5) is 0 Å². The number of hydrogen-bond acceptors (Lipinski definition) is 1. The van der Waals surface area contributed by atoms with Crippen molar-refractivity contribution >= 4 is 5.91 Å². The van der Waals surface area contributed by atoms with Gasteiger partial charge in [0, 0.05) is 6.92 Å². The Morgan fingerprint density at radius 3 is 1.59 bits per heavy atom. The molecule has 0 aliphatic heterocycles. The first-order chi connectivity index (χ1) is 7.93. The second-order valence-corrected chi connectivity index (χ2v) is 4.12. The number of rotatable bonds is 2. The Kier molecular flexibility index (Phi) is 13.6. The van der Waals surface area contributed by atoms with Gasteiger partial charge in [-0.25, -0.2) is 0 Å². The molecule has 0 aliphatic carbocycles.